The molecule has 0 bridgehead atoms. The van der Waals surface area contributed by atoms with Crippen LogP contribution in [0.5, 0.6) is 0 Å². The van der Waals surface area contributed by atoms with Crippen molar-refractivity contribution < 1.29 is 5.11 Å². The summed E-state index contributed by atoms with van der Waals surface area (Å²) < 4.78 is 0. The van der Waals surface area contributed by atoms with Crippen molar-refractivity contribution in [1.82, 2.24) is 0 Å². The zero-order chi connectivity index (χ0) is 8.27. The highest BCUT2D eigenvalue weighted by Crippen LogP contribution is 2.34. The lowest BCUT2D eigenvalue weighted by Gasteiger charge is -2.07. The van der Waals surface area contributed by atoms with E-state index in [4.69, 9.17) is 0 Å². The Bertz CT molecular complexity index is 136. The summed E-state index contributed by atoms with van der Waals surface area (Å²) in [4.78, 5) is 0. The lowest BCUT2D eigenvalue weighted by Crippen LogP contribution is -2.08. The Morgan fingerprint density at radius 3 is 2.73 bits per heavy atom. The number of rotatable bonds is 5. The molecule has 1 aliphatic rings. The largest absolute Gasteiger partial charge is 0.393 e. The van der Waals surface area contributed by atoms with Crippen LogP contribution in [0.3, 0.4) is 0 Å². The maximum absolute atomic E-state index is 9.47. The van der Waals surface area contributed by atoms with Crippen molar-refractivity contribution in [2.75, 3.05) is 0 Å². The molecule has 0 aromatic carbocycles. The average Bonchev–Trinajstić information content (AvgIpc) is 2.66. The van der Waals surface area contributed by atoms with Crippen molar-refractivity contribution in [2.24, 2.45) is 5.92 Å². The fourth-order valence-electron chi connectivity index (χ4n) is 1.33. The van der Waals surface area contributed by atoms with Crippen LogP contribution in [0.25, 0.3) is 0 Å². The van der Waals surface area contributed by atoms with E-state index >= 15 is 0 Å². The summed E-state index contributed by atoms with van der Waals surface area (Å²) in [6.45, 7) is 5.88. The predicted molar refractivity (Wildman–Crippen MR) is 47.4 cm³/mol. The number of hydrogen-bond donors (Lipinski definition) is 1. The minimum Gasteiger partial charge on any atom is -0.393 e. The second-order valence-electron chi connectivity index (χ2n) is 3.75. The number of allylic oxidation sites excluding steroid dienone is 1. The lowest BCUT2D eigenvalue weighted by atomic mass is 10.1. The van der Waals surface area contributed by atoms with E-state index in [2.05, 4.69) is 6.58 Å². The Morgan fingerprint density at radius 2 is 2.27 bits per heavy atom. The zero-order valence-corrected chi connectivity index (χ0v) is 7.34. The predicted octanol–water partition coefficient (Wildman–Crippen LogP) is 2.50. The highest BCUT2D eigenvalue weighted by molar-refractivity contribution is 4.88. The monoisotopic (exact) mass is 154 g/mol. The van der Waals surface area contributed by atoms with Crippen molar-refractivity contribution in [2.45, 2.75) is 45.1 Å². The second kappa shape index (κ2) is 3.91. The van der Waals surface area contributed by atoms with E-state index in [0.717, 1.165) is 19.3 Å². The van der Waals surface area contributed by atoms with Gasteiger partial charge in [0.15, 0.2) is 0 Å². The van der Waals surface area contributed by atoms with Gasteiger partial charge in [-0.25, -0.2) is 0 Å². The maximum Gasteiger partial charge on any atom is 0.0568 e. The number of aliphatic hydroxyl groups excluding tert-OH is 1. The zero-order valence-electron chi connectivity index (χ0n) is 7.34. The molecule has 0 saturated heterocycles. The van der Waals surface area contributed by atoms with E-state index in [1.54, 1.807) is 0 Å². The first-order valence-electron chi connectivity index (χ1n) is 4.52. The summed E-state index contributed by atoms with van der Waals surface area (Å²) in [5.41, 5.74) is 1.23. The Hall–Kier alpha value is -0.300. The highest BCUT2D eigenvalue weighted by atomic mass is 16.3. The summed E-state index contributed by atoms with van der Waals surface area (Å²) in [7, 11) is 0. The summed E-state index contributed by atoms with van der Waals surface area (Å²) >= 11 is 0. The van der Waals surface area contributed by atoms with Gasteiger partial charge in [-0.05, 0) is 44.9 Å². The third-order valence-electron chi connectivity index (χ3n) is 2.27. The first kappa shape index (κ1) is 8.79. The van der Waals surface area contributed by atoms with Crippen molar-refractivity contribution in [3.63, 3.8) is 0 Å². The normalized spacial score (nSPS) is 19.8. The SMILES string of the molecule is C=C(C)CCCC(O)C1CC1. The molecule has 0 aromatic heterocycles. The molecule has 1 N–H and O–H groups in total. The molecule has 1 unspecified atom stereocenters. The third-order valence-corrected chi connectivity index (χ3v) is 2.27. The average molecular weight is 154 g/mol. The molecule has 1 fully saturated rings. The van der Waals surface area contributed by atoms with Gasteiger partial charge >= 0.3 is 0 Å². The van der Waals surface area contributed by atoms with E-state index in [-0.39, 0.29) is 6.10 Å². The molecule has 1 saturated carbocycles. The van der Waals surface area contributed by atoms with Gasteiger partial charge in [0.2, 0.25) is 0 Å². The van der Waals surface area contributed by atoms with Crippen LogP contribution < -0.4 is 0 Å². The maximum atomic E-state index is 9.47. The van der Waals surface area contributed by atoms with Crippen molar-refractivity contribution in [1.29, 1.82) is 0 Å². The molecular formula is C10H18O. The molecule has 0 amide bonds. The fraction of sp³-hybridized carbons (Fsp3) is 0.800. The number of hydrogen-bond acceptors (Lipinski definition) is 1. The molecule has 0 aromatic rings. The van der Waals surface area contributed by atoms with Crippen LogP contribution in [-0.4, -0.2) is 11.2 Å². The van der Waals surface area contributed by atoms with Crippen LogP contribution in [0.15, 0.2) is 12.2 Å². The first-order chi connectivity index (χ1) is 5.20. The Morgan fingerprint density at radius 1 is 1.64 bits per heavy atom. The Balaban J connectivity index is 1.97. The number of aliphatic hydroxyl groups is 1. The van der Waals surface area contributed by atoms with Crippen LogP contribution in [0.2, 0.25) is 0 Å². The van der Waals surface area contributed by atoms with Crippen LogP contribution >= 0.6 is 0 Å². The van der Waals surface area contributed by atoms with Crippen LogP contribution in [-0.2, 0) is 0 Å². The van der Waals surface area contributed by atoms with Gasteiger partial charge in [-0.15, -0.1) is 6.58 Å². The van der Waals surface area contributed by atoms with E-state index in [1.807, 2.05) is 6.92 Å². The van der Waals surface area contributed by atoms with E-state index in [0.29, 0.717) is 5.92 Å². The van der Waals surface area contributed by atoms with Gasteiger partial charge in [0.1, 0.15) is 0 Å². The summed E-state index contributed by atoms with van der Waals surface area (Å²) in [6.07, 6.45) is 5.62. The summed E-state index contributed by atoms with van der Waals surface area (Å²) in [5, 5.41) is 9.47. The van der Waals surface area contributed by atoms with Crippen molar-refractivity contribution in [3.05, 3.63) is 12.2 Å². The van der Waals surface area contributed by atoms with Gasteiger partial charge in [-0.3, -0.25) is 0 Å². The van der Waals surface area contributed by atoms with Crippen molar-refractivity contribution in [3.8, 4) is 0 Å². The minimum absolute atomic E-state index is 0.0191. The van der Waals surface area contributed by atoms with Gasteiger partial charge in [0.25, 0.3) is 0 Å². The second-order valence-corrected chi connectivity index (χ2v) is 3.75. The summed E-state index contributed by atoms with van der Waals surface area (Å²) in [6, 6.07) is 0. The molecule has 0 spiro atoms. The van der Waals surface area contributed by atoms with E-state index in [9.17, 15) is 5.11 Å². The molecule has 0 heterocycles. The molecule has 1 aliphatic carbocycles. The smallest absolute Gasteiger partial charge is 0.0568 e. The lowest BCUT2D eigenvalue weighted by molar-refractivity contribution is 0.139. The Labute approximate surface area is 69.1 Å². The molecule has 11 heavy (non-hydrogen) atoms. The molecule has 1 nitrogen and oxygen atoms in total. The van der Waals surface area contributed by atoms with E-state index < -0.39 is 0 Å². The molecule has 1 atom stereocenters. The van der Waals surface area contributed by atoms with Crippen LogP contribution in [0.1, 0.15) is 39.0 Å². The third kappa shape index (κ3) is 3.57. The quantitative estimate of drug-likeness (QED) is 0.603. The van der Waals surface area contributed by atoms with Gasteiger partial charge < -0.3 is 5.11 Å². The van der Waals surface area contributed by atoms with Gasteiger partial charge in [0.05, 0.1) is 6.10 Å². The van der Waals surface area contributed by atoms with Crippen molar-refractivity contribution >= 4 is 0 Å². The highest BCUT2D eigenvalue weighted by Gasteiger charge is 2.28. The molecule has 0 aliphatic heterocycles. The first-order valence-corrected chi connectivity index (χ1v) is 4.52. The molecule has 64 valence electrons. The molecular weight excluding hydrogens is 136 g/mol. The molecule has 1 heteroatoms. The standard InChI is InChI=1S/C10H18O/c1-8(2)4-3-5-10(11)9-6-7-9/h9-11H,1,3-7H2,2H3. The Kier molecular flexibility index (Phi) is 3.13. The van der Waals surface area contributed by atoms with Crippen LogP contribution in [0.4, 0.5) is 0 Å². The van der Waals surface area contributed by atoms with Gasteiger partial charge in [-0.2, -0.15) is 0 Å². The van der Waals surface area contributed by atoms with E-state index in [1.165, 1.54) is 18.4 Å². The van der Waals surface area contributed by atoms with Crippen LogP contribution in [0, 0.1) is 5.92 Å². The van der Waals surface area contributed by atoms with Gasteiger partial charge in [0, 0.05) is 0 Å². The molecule has 1 rings (SSSR count). The summed E-state index contributed by atoms with van der Waals surface area (Å²) in [5.74, 6) is 0.639. The topological polar surface area (TPSA) is 20.2 Å². The van der Waals surface area contributed by atoms with Gasteiger partial charge in [-0.1, -0.05) is 5.57 Å². The molecule has 0 radical (unpaired) electrons. The minimum atomic E-state index is -0.0191. The fourth-order valence-corrected chi connectivity index (χ4v) is 1.33.